The highest BCUT2D eigenvalue weighted by Gasteiger charge is 2.05. The molecule has 0 amide bonds. The summed E-state index contributed by atoms with van der Waals surface area (Å²) in [5.41, 5.74) is 9.29. The summed E-state index contributed by atoms with van der Waals surface area (Å²) in [6.07, 6.45) is 10.7. The first-order valence-corrected chi connectivity index (χ1v) is 8.62. The van der Waals surface area contributed by atoms with E-state index in [4.69, 9.17) is 10.5 Å². The maximum absolute atomic E-state index is 5.97. The van der Waals surface area contributed by atoms with Crippen LogP contribution in [0.15, 0.2) is 12.1 Å². The maximum atomic E-state index is 5.97. The third-order valence-electron chi connectivity index (χ3n) is 4.00. The van der Waals surface area contributed by atoms with Crippen molar-refractivity contribution < 1.29 is 4.74 Å². The highest BCUT2D eigenvalue weighted by molar-refractivity contribution is 5.43. The fourth-order valence-corrected chi connectivity index (χ4v) is 2.80. The molecule has 0 saturated heterocycles. The van der Waals surface area contributed by atoms with E-state index in [2.05, 4.69) is 32.9 Å². The second-order valence-corrected chi connectivity index (χ2v) is 6.09. The lowest BCUT2D eigenvalue weighted by atomic mass is 10.1. The molecule has 120 valence electrons. The van der Waals surface area contributed by atoms with Gasteiger partial charge < -0.3 is 10.5 Å². The largest absolute Gasteiger partial charge is 0.493 e. The Morgan fingerprint density at radius 2 is 1.38 bits per heavy atom. The lowest BCUT2D eigenvalue weighted by molar-refractivity contribution is 0.300. The number of rotatable bonds is 11. The Hall–Kier alpha value is -1.02. The van der Waals surface area contributed by atoms with E-state index in [9.17, 15) is 0 Å². The molecule has 2 heteroatoms. The van der Waals surface area contributed by atoms with Crippen LogP contribution in [-0.4, -0.2) is 6.61 Å². The van der Waals surface area contributed by atoms with Crippen LogP contribution in [0.3, 0.4) is 0 Å². The molecule has 1 aromatic rings. The molecule has 0 bridgehead atoms. The van der Waals surface area contributed by atoms with Crippen molar-refractivity contribution in [1.29, 1.82) is 0 Å². The van der Waals surface area contributed by atoms with Crippen LogP contribution in [0, 0.1) is 13.8 Å². The number of unbranched alkanes of at least 4 members (excludes halogenated alkanes) is 7. The Morgan fingerprint density at radius 3 is 1.90 bits per heavy atom. The molecule has 1 rings (SSSR count). The second-order valence-electron chi connectivity index (χ2n) is 6.09. The average Bonchev–Trinajstić information content (AvgIpc) is 2.47. The normalized spacial score (nSPS) is 10.9. The number of hydrogen-bond donors (Lipinski definition) is 1. The van der Waals surface area contributed by atoms with Gasteiger partial charge in [-0.1, -0.05) is 64.0 Å². The number of hydrogen-bond acceptors (Lipinski definition) is 2. The first kappa shape index (κ1) is 18.0. The van der Waals surface area contributed by atoms with E-state index in [-0.39, 0.29) is 0 Å². The van der Waals surface area contributed by atoms with Crippen molar-refractivity contribution in [3.05, 3.63) is 28.8 Å². The van der Waals surface area contributed by atoms with Gasteiger partial charge in [0.1, 0.15) is 5.75 Å². The summed E-state index contributed by atoms with van der Waals surface area (Å²) >= 11 is 0. The first-order chi connectivity index (χ1) is 10.2. The molecule has 0 atom stereocenters. The van der Waals surface area contributed by atoms with Gasteiger partial charge in [-0.25, -0.2) is 0 Å². The van der Waals surface area contributed by atoms with E-state index in [1.807, 2.05) is 0 Å². The number of benzene rings is 1. The van der Waals surface area contributed by atoms with E-state index in [0.29, 0.717) is 6.54 Å². The molecule has 2 N–H and O–H groups in total. The third-order valence-corrected chi connectivity index (χ3v) is 4.00. The standard InChI is InChI=1S/C19H33NO/c1-4-5-6-7-8-9-10-11-12-21-19-16(2)13-18(15-20)14-17(19)3/h13-14H,4-12,15,20H2,1-3H3. The number of aryl methyl sites for hydroxylation is 2. The van der Waals surface area contributed by atoms with Gasteiger partial charge in [-0.2, -0.15) is 0 Å². The van der Waals surface area contributed by atoms with E-state index in [0.717, 1.165) is 18.8 Å². The average molecular weight is 291 g/mol. The van der Waals surface area contributed by atoms with Crippen LogP contribution in [0.1, 0.15) is 75.0 Å². The SMILES string of the molecule is CCCCCCCCCCOc1c(C)cc(CN)cc1C. The molecule has 2 nitrogen and oxygen atoms in total. The van der Waals surface area contributed by atoms with E-state index >= 15 is 0 Å². The minimum Gasteiger partial charge on any atom is -0.493 e. The van der Waals surface area contributed by atoms with Crippen LogP contribution in [0.25, 0.3) is 0 Å². The smallest absolute Gasteiger partial charge is 0.125 e. The van der Waals surface area contributed by atoms with Crippen molar-refractivity contribution in [2.45, 2.75) is 78.7 Å². The van der Waals surface area contributed by atoms with Crippen LogP contribution in [-0.2, 0) is 6.54 Å². The van der Waals surface area contributed by atoms with E-state index < -0.39 is 0 Å². The monoisotopic (exact) mass is 291 g/mol. The Balaban J connectivity index is 2.18. The summed E-state index contributed by atoms with van der Waals surface area (Å²) < 4.78 is 5.97. The zero-order valence-corrected chi connectivity index (χ0v) is 14.2. The van der Waals surface area contributed by atoms with Crippen LogP contribution >= 0.6 is 0 Å². The van der Waals surface area contributed by atoms with Gasteiger partial charge in [-0.05, 0) is 37.0 Å². The predicted octanol–water partition coefficient (Wildman–Crippen LogP) is 5.28. The lowest BCUT2D eigenvalue weighted by Crippen LogP contribution is -2.03. The van der Waals surface area contributed by atoms with Crippen LogP contribution in [0.4, 0.5) is 0 Å². The van der Waals surface area contributed by atoms with Gasteiger partial charge in [0.05, 0.1) is 6.61 Å². The van der Waals surface area contributed by atoms with E-state index in [1.165, 1.54) is 61.6 Å². The third kappa shape index (κ3) is 6.99. The number of nitrogens with two attached hydrogens (primary N) is 1. The molecule has 0 heterocycles. The minimum absolute atomic E-state index is 0.597. The van der Waals surface area contributed by atoms with Crippen molar-refractivity contribution in [2.24, 2.45) is 5.73 Å². The van der Waals surface area contributed by atoms with Gasteiger partial charge in [0, 0.05) is 6.54 Å². The fourth-order valence-electron chi connectivity index (χ4n) is 2.80. The van der Waals surface area contributed by atoms with E-state index in [1.54, 1.807) is 0 Å². The van der Waals surface area contributed by atoms with Gasteiger partial charge in [0.2, 0.25) is 0 Å². The van der Waals surface area contributed by atoms with Crippen LogP contribution in [0.5, 0.6) is 5.75 Å². The molecule has 0 spiro atoms. The van der Waals surface area contributed by atoms with Gasteiger partial charge in [0.15, 0.2) is 0 Å². The second kappa shape index (κ2) is 10.7. The quantitative estimate of drug-likeness (QED) is 0.563. The molecule has 0 aliphatic heterocycles. The molecule has 0 unspecified atom stereocenters. The predicted molar refractivity (Wildman–Crippen MR) is 91.9 cm³/mol. The highest BCUT2D eigenvalue weighted by Crippen LogP contribution is 2.25. The summed E-state index contributed by atoms with van der Waals surface area (Å²) in [5, 5.41) is 0. The molecule has 0 fully saturated rings. The van der Waals surface area contributed by atoms with Crippen molar-refractivity contribution >= 4 is 0 Å². The molecule has 0 aliphatic rings. The van der Waals surface area contributed by atoms with Crippen molar-refractivity contribution in [1.82, 2.24) is 0 Å². The van der Waals surface area contributed by atoms with Gasteiger partial charge in [-0.15, -0.1) is 0 Å². The molecule has 0 saturated carbocycles. The molecule has 1 aromatic carbocycles. The van der Waals surface area contributed by atoms with Gasteiger partial charge >= 0.3 is 0 Å². The Bertz CT molecular complexity index is 378. The molecule has 21 heavy (non-hydrogen) atoms. The summed E-state index contributed by atoms with van der Waals surface area (Å²) in [4.78, 5) is 0. The minimum atomic E-state index is 0.597. The highest BCUT2D eigenvalue weighted by atomic mass is 16.5. The molecule has 0 aliphatic carbocycles. The number of ether oxygens (including phenoxy) is 1. The first-order valence-electron chi connectivity index (χ1n) is 8.62. The lowest BCUT2D eigenvalue weighted by Gasteiger charge is -2.13. The van der Waals surface area contributed by atoms with Gasteiger partial charge in [0.25, 0.3) is 0 Å². The topological polar surface area (TPSA) is 35.2 Å². The summed E-state index contributed by atoms with van der Waals surface area (Å²) in [6, 6.07) is 4.27. The summed E-state index contributed by atoms with van der Waals surface area (Å²) in [7, 11) is 0. The van der Waals surface area contributed by atoms with Crippen LogP contribution < -0.4 is 10.5 Å². The molecular weight excluding hydrogens is 258 g/mol. The van der Waals surface area contributed by atoms with Crippen molar-refractivity contribution in [3.63, 3.8) is 0 Å². The van der Waals surface area contributed by atoms with Gasteiger partial charge in [-0.3, -0.25) is 0 Å². The van der Waals surface area contributed by atoms with Crippen LogP contribution in [0.2, 0.25) is 0 Å². The summed E-state index contributed by atoms with van der Waals surface area (Å²) in [6.45, 7) is 7.91. The summed E-state index contributed by atoms with van der Waals surface area (Å²) in [5.74, 6) is 1.05. The maximum Gasteiger partial charge on any atom is 0.125 e. The molecule has 0 radical (unpaired) electrons. The Labute approximate surface area is 131 Å². The van der Waals surface area contributed by atoms with Crippen molar-refractivity contribution in [2.75, 3.05) is 6.61 Å². The Morgan fingerprint density at radius 1 is 0.857 bits per heavy atom. The zero-order valence-electron chi connectivity index (χ0n) is 14.2. The Kier molecular flexibility index (Phi) is 9.16. The molecular formula is C19H33NO. The molecule has 0 aromatic heterocycles. The zero-order chi connectivity index (χ0) is 15.5. The fraction of sp³-hybridized carbons (Fsp3) is 0.684. The van der Waals surface area contributed by atoms with Crippen molar-refractivity contribution in [3.8, 4) is 5.75 Å².